The van der Waals surface area contributed by atoms with E-state index < -0.39 is 0 Å². The maximum Gasteiger partial charge on any atom is 0.275 e. The molecule has 13 heteroatoms. The molecule has 0 saturated heterocycles. The second-order valence-corrected chi connectivity index (χ2v) is 14.4. The molecule has 0 radical (unpaired) electrons. The number of carbonyl (C=O) groups excluding carboxylic acids is 1. The third-order valence-corrected chi connectivity index (χ3v) is 11.3. The number of tetrazole rings is 1. The van der Waals surface area contributed by atoms with E-state index in [1.807, 2.05) is 91.6 Å². The Kier molecular flexibility index (Phi) is 8.58. The number of nitrogens with zero attached hydrogens (tertiary/aromatic N) is 8. The monoisotopic (exact) mass is 735 g/mol. The minimum absolute atomic E-state index is 0.0508. The summed E-state index contributed by atoms with van der Waals surface area (Å²) in [6.07, 6.45) is 4.06. The number of H-pyrrole nitrogens is 1. The number of ether oxygens (including phenoxy) is 1. The zero-order chi connectivity index (χ0) is 36.4. The molecule has 11 nitrogen and oxygen atoms in total. The lowest BCUT2D eigenvalue weighted by molar-refractivity contribution is 0.0983. The first kappa shape index (κ1) is 34.0. The number of halogens is 2. The van der Waals surface area contributed by atoms with Crippen molar-refractivity contribution in [3.05, 3.63) is 92.5 Å². The Labute approximate surface area is 311 Å². The molecule has 8 rings (SSSR count). The van der Waals surface area contributed by atoms with Crippen LogP contribution in [0.1, 0.15) is 51.4 Å². The number of benzene rings is 3. The van der Waals surface area contributed by atoms with E-state index >= 15 is 4.79 Å². The van der Waals surface area contributed by atoms with Crippen LogP contribution in [0.2, 0.25) is 10.0 Å². The van der Waals surface area contributed by atoms with Crippen molar-refractivity contribution in [3.63, 3.8) is 0 Å². The molecule has 0 spiro atoms. The summed E-state index contributed by atoms with van der Waals surface area (Å²) >= 11 is 13.5. The molecule has 0 saturated carbocycles. The fourth-order valence-electron chi connectivity index (χ4n) is 7.98. The fourth-order valence-corrected chi connectivity index (χ4v) is 8.34. The molecule has 4 aromatic heterocycles. The van der Waals surface area contributed by atoms with Crippen molar-refractivity contribution < 1.29 is 9.53 Å². The van der Waals surface area contributed by atoms with E-state index in [0.29, 0.717) is 49.1 Å². The van der Waals surface area contributed by atoms with Gasteiger partial charge in [-0.1, -0.05) is 41.4 Å². The Hall–Kier alpha value is -5.13. The first-order valence-electron chi connectivity index (χ1n) is 17.4. The lowest BCUT2D eigenvalue weighted by Crippen LogP contribution is -2.32. The Bertz CT molecular complexity index is 2500. The topological polar surface area (TPSA) is 112 Å². The van der Waals surface area contributed by atoms with Crippen LogP contribution in [0, 0.1) is 27.7 Å². The largest absolute Gasteiger partial charge is 0.494 e. The second kappa shape index (κ2) is 13.1. The second-order valence-electron chi connectivity index (χ2n) is 13.7. The Morgan fingerprint density at radius 3 is 2.44 bits per heavy atom. The van der Waals surface area contributed by atoms with Crippen LogP contribution in [0.3, 0.4) is 0 Å². The Morgan fingerprint density at radius 1 is 0.942 bits per heavy atom. The van der Waals surface area contributed by atoms with E-state index in [9.17, 15) is 0 Å². The van der Waals surface area contributed by atoms with Crippen LogP contribution in [0.5, 0.6) is 5.75 Å². The fraction of sp³-hybridized carbons (Fsp3) is 0.308. The molecule has 0 aliphatic carbocycles. The smallest absolute Gasteiger partial charge is 0.275 e. The molecule has 0 unspecified atom stereocenters. The van der Waals surface area contributed by atoms with E-state index in [1.54, 1.807) is 0 Å². The molecule has 1 aliphatic heterocycles. The zero-order valence-corrected chi connectivity index (χ0v) is 31.5. The summed E-state index contributed by atoms with van der Waals surface area (Å²) in [5.74, 6) is 1.24. The van der Waals surface area contributed by atoms with E-state index in [2.05, 4.69) is 38.2 Å². The standard InChI is InChI=1S/C39H39Cl2N9O2/c1-21-18-25(19-22(2)34(21)41)52-17-8-11-26-28-13-14-30(40)33(32-23(3)44-48(6)24(32)4)36(28)50-16-9-15-49(39(51)37(26)50)31-12-7-10-27-29(20-47(5)35(27)31)38-42-45-46-43-38/h7,10,12-14,18-20H,8-9,11,15-17H2,1-6H3,(H,42,43,45,46). The molecule has 5 heterocycles. The number of rotatable bonds is 8. The number of aryl methyl sites for hydroxylation is 7. The van der Waals surface area contributed by atoms with Gasteiger partial charge in [-0.05, 0) is 93.1 Å². The molecule has 3 aromatic carbocycles. The first-order chi connectivity index (χ1) is 25.0. The summed E-state index contributed by atoms with van der Waals surface area (Å²) in [4.78, 5) is 17.1. The van der Waals surface area contributed by atoms with Gasteiger partial charge in [-0.25, -0.2) is 0 Å². The number of para-hydroxylation sites is 1. The van der Waals surface area contributed by atoms with E-state index in [0.717, 1.165) is 89.5 Å². The van der Waals surface area contributed by atoms with Gasteiger partial charge >= 0.3 is 0 Å². The molecule has 0 atom stereocenters. The highest BCUT2D eigenvalue weighted by atomic mass is 35.5. The van der Waals surface area contributed by atoms with Crippen molar-refractivity contribution in [3.8, 4) is 28.3 Å². The van der Waals surface area contributed by atoms with Gasteiger partial charge in [-0.2, -0.15) is 10.3 Å². The van der Waals surface area contributed by atoms with Crippen molar-refractivity contribution in [1.29, 1.82) is 0 Å². The van der Waals surface area contributed by atoms with Gasteiger partial charge in [0.1, 0.15) is 11.4 Å². The van der Waals surface area contributed by atoms with Gasteiger partial charge in [-0.3, -0.25) is 9.48 Å². The molecule has 1 N–H and O–H groups in total. The van der Waals surface area contributed by atoms with Gasteiger partial charge in [0.2, 0.25) is 5.82 Å². The first-order valence-corrected chi connectivity index (χ1v) is 18.2. The lowest BCUT2D eigenvalue weighted by Gasteiger charge is -2.23. The summed E-state index contributed by atoms with van der Waals surface area (Å²) in [5, 5.41) is 22.9. The number of hydrogen-bond acceptors (Lipinski definition) is 6. The van der Waals surface area contributed by atoms with E-state index in [-0.39, 0.29) is 5.91 Å². The summed E-state index contributed by atoms with van der Waals surface area (Å²) in [6, 6.07) is 14.0. The predicted octanol–water partition coefficient (Wildman–Crippen LogP) is 8.32. The maximum atomic E-state index is 15.2. The summed E-state index contributed by atoms with van der Waals surface area (Å²) in [7, 11) is 3.93. The number of fused-ring (bicyclic) bond motifs is 4. The van der Waals surface area contributed by atoms with Gasteiger partial charge < -0.3 is 18.8 Å². The van der Waals surface area contributed by atoms with Crippen molar-refractivity contribution >= 4 is 56.6 Å². The maximum absolute atomic E-state index is 15.2. The number of nitrogens with one attached hydrogen (secondary N) is 1. The number of carbonyl (C=O) groups is 1. The van der Waals surface area contributed by atoms with Crippen LogP contribution in [-0.2, 0) is 27.1 Å². The molecule has 7 aromatic rings. The van der Waals surface area contributed by atoms with Crippen LogP contribution in [-0.4, -0.2) is 58.6 Å². The molecule has 0 fully saturated rings. The minimum Gasteiger partial charge on any atom is -0.494 e. The van der Waals surface area contributed by atoms with Gasteiger partial charge in [0.05, 0.1) is 34.0 Å². The number of anilines is 1. The Morgan fingerprint density at radius 2 is 1.73 bits per heavy atom. The van der Waals surface area contributed by atoms with Crippen molar-refractivity contribution in [1.82, 2.24) is 39.5 Å². The van der Waals surface area contributed by atoms with Crippen molar-refractivity contribution in [2.24, 2.45) is 14.1 Å². The molecule has 52 heavy (non-hydrogen) atoms. The molecule has 0 bridgehead atoms. The summed E-state index contributed by atoms with van der Waals surface area (Å²) < 4.78 is 12.4. The van der Waals surface area contributed by atoms with E-state index in [4.69, 9.17) is 33.0 Å². The van der Waals surface area contributed by atoms with Gasteiger partial charge in [0.25, 0.3) is 5.91 Å². The summed E-state index contributed by atoms with van der Waals surface area (Å²) in [6.45, 7) is 9.72. The third kappa shape index (κ3) is 5.45. The van der Waals surface area contributed by atoms with Gasteiger partial charge in [-0.15, -0.1) is 10.2 Å². The number of aromatic nitrogens is 8. The lowest BCUT2D eigenvalue weighted by atomic mass is 9.98. The Balaban J connectivity index is 1.26. The van der Waals surface area contributed by atoms with Gasteiger partial charge in [0.15, 0.2) is 0 Å². The van der Waals surface area contributed by atoms with Crippen LogP contribution in [0.25, 0.3) is 44.3 Å². The third-order valence-electron chi connectivity index (χ3n) is 10.4. The highest BCUT2D eigenvalue weighted by Crippen LogP contribution is 2.44. The SMILES string of the molecule is Cc1cc(OCCCc2c3n(c4c(-c5c(C)nn(C)c5C)c(Cl)ccc24)CCCN(c2cccc4c(-c5nn[nH]n5)cn(C)c24)C3=O)cc(C)c1Cl. The normalized spacial score (nSPS) is 13.4. The highest BCUT2D eigenvalue weighted by molar-refractivity contribution is 6.35. The number of hydrogen-bond donors (Lipinski definition) is 1. The molecular formula is C39H39Cl2N9O2. The van der Waals surface area contributed by atoms with Crippen LogP contribution in [0.4, 0.5) is 5.69 Å². The predicted molar refractivity (Wildman–Crippen MR) is 206 cm³/mol. The quantitative estimate of drug-likeness (QED) is 0.157. The van der Waals surface area contributed by atoms with Gasteiger partial charge in [0, 0.05) is 71.6 Å². The average Bonchev–Trinajstić information content (AvgIpc) is 3.87. The minimum atomic E-state index is -0.0508. The highest BCUT2D eigenvalue weighted by Gasteiger charge is 2.33. The van der Waals surface area contributed by atoms with Crippen molar-refractivity contribution in [2.75, 3.05) is 18.1 Å². The van der Waals surface area contributed by atoms with E-state index in [1.165, 1.54) is 0 Å². The average molecular weight is 737 g/mol. The molecule has 266 valence electrons. The zero-order valence-electron chi connectivity index (χ0n) is 30.0. The number of amides is 1. The van der Waals surface area contributed by atoms with Crippen LogP contribution >= 0.6 is 23.2 Å². The van der Waals surface area contributed by atoms with Crippen LogP contribution < -0.4 is 9.64 Å². The summed E-state index contributed by atoms with van der Waals surface area (Å²) in [5.41, 5.74) is 11.0. The molecule has 1 aliphatic rings. The van der Waals surface area contributed by atoms with Crippen LogP contribution in [0.15, 0.2) is 48.7 Å². The molecular weight excluding hydrogens is 697 g/mol. The number of aromatic amines is 1. The molecule has 1 amide bonds. The van der Waals surface area contributed by atoms with Crippen molar-refractivity contribution in [2.45, 2.75) is 53.5 Å².